The van der Waals surface area contributed by atoms with E-state index >= 15 is 0 Å². The van der Waals surface area contributed by atoms with Gasteiger partial charge in [-0.3, -0.25) is 4.79 Å². The summed E-state index contributed by atoms with van der Waals surface area (Å²) in [6, 6.07) is 8.03. The van der Waals surface area contributed by atoms with E-state index in [4.69, 9.17) is 0 Å². The van der Waals surface area contributed by atoms with Crippen molar-refractivity contribution >= 4 is 39.8 Å². The molecule has 2 aromatic rings. The number of anilines is 2. The van der Waals surface area contributed by atoms with Gasteiger partial charge in [-0.25, -0.2) is 0 Å². The highest BCUT2D eigenvalue weighted by Crippen LogP contribution is 2.32. The third kappa shape index (κ3) is 2.57. The van der Waals surface area contributed by atoms with Crippen LogP contribution in [0.25, 0.3) is 0 Å². The lowest BCUT2D eigenvalue weighted by atomic mass is 10.2. The summed E-state index contributed by atoms with van der Waals surface area (Å²) in [4.78, 5) is 12.8. The lowest BCUT2D eigenvalue weighted by Gasteiger charge is -2.09. The Bertz CT molecular complexity index is 578. The second-order valence-electron chi connectivity index (χ2n) is 3.85. The molecule has 0 saturated carbocycles. The second kappa shape index (κ2) is 5.54. The van der Waals surface area contributed by atoms with Crippen molar-refractivity contribution in [1.82, 2.24) is 4.37 Å². The topological polar surface area (TPSA) is 42.0 Å². The summed E-state index contributed by atoms with van der Waals surface area (Å²) < 4.78 is 4.24. The standard InChI is InChI=1S/C13H14N2OS2/c1-8-12(9(2)16)13(18-15-8)14-10-6-4-5-7-11(10)17-3/h4-7,14H,1-3H3. The molecule has 0 bridgehead atoms. The molecule has 0 amide bonds. The smallest absolute Gasteiger partial charge is 0.164 e. The molecule has 1 heterocycles. The van der Waals surface area contributed by atoms with E-state index in [0.29, 0.717) is 5.56 Å². The average molecular weight is 278 g/mol. The molecule has 1 aromatic carbocycles. The maximum Gasteiger partial charge on any atom is 0.164 e. The molecule has 0 aliphatic heterocycles. The first-order valence-corrected chi connectivity index (χ1v) is 7.50. The fourth-order valence-electron chi connectivity index (χ4n) is 1.74. The minimum atomic E-state index is 0.0467. The van der Waals surface area contributed by atoms with E-state index in [1.807, 2.05) is 37.4 Å². The summed E-state index contributed by atoms with van der Waals surface area (Å²) in [7, 11) is 0. The number of carbonyl (C=O) groups is 1. The van der Waals surface area contributed by atoms with Gasteiger partial charge in [0, 0.05) is 4.90 Å². The van der Waals surface area contributed by atoms with E-state index in [1.165, 1.54) is 11.5 Å². The van der Waals surface area contributed by atoms with Crippen LogP contribution in [0.5, 0.6) is 0 Å². The highest BCUT2D eigenvalue weighted by Gasteiger charge is 2.15. The van der Waals surface area contributed by atoms with Crippen molar-refractivity contribution in [2.45, 2.75) is 18.7 Å². The van der Waals surface area contributed by atoms with E-state index in [9.17, 15) is 4.79 Å². The van der Waals surface area contributed by atoms with Gasteiger partial charge in [-0.1, -0.05) is 12.1 Å². The van der Waals surface area contributed by atoms with E-state index in [0.717, 1.165) is 21.3 Å². The van der Waals surface area contributed by atoms with Gasteiger partial charge in [-0.15, -0.1) is 11.8 Å². The van der Waals surface area contributed by atoms with Crippen molar-refractivity contribution in [3.63, 3.8) is 0 Å². The minimum Gasteiger partial charge on any atom is -0.344 e. The average Bonchev–Trinajstić information content (AvgIpc) is 2.71. The van der Waals surface area contributed by atoms with Gasteiger partial charge in [0.15, 0.2) is 5.78 Å². The van der Waals surface area contributed by atoms with Gasteiger partial charge >= 0.3 is 0 Å². The highest BCUT2D eigenvalue weighted by molar-refractivity contribution is 7.98. The summed E-state index contributed by atoms with van der Waals surface area (Å²) >= 11 is 3.00. The first-order valence-electron chi connectivity index (χ1n) is 5.50. The van der Waals surface area contributed by atoms with Crippen LogP contribution in [0.2, 0.25) is 0 Å². The molecule has 1 aromatic heterocycles. The van der Waals surface area contributed by atoms with Gasteiger partial charge in [0.2, 0.25) is 0 Å². The van der Waals surface area contributed by atoms with Crippen molar-refractivity contribution in [3.05, 3.63) is 35.5 Å². The van der Waals surface area contributed by atoms with Crippen molar-refractivity contribution < 1.29 is 4.79 Å². The Hall–Kier alpha value is -1.33. The van der Waals surface area contributed by atoms with Gasteiger partial charge in [-0.2, -0.15) is 4.37 Å². The zero-order valence-corrected chi connectivity index (χ0v) is 12.1. The summed E-state index contributed by atoms with van der Waals surface area (Å²) in [5.41, 5.74) is 2.49. The summed E-state index contributed by atoms with van der Waals surface area (Å²) in [6.45, 7) is 3.43. The van der Waals surface area contributed by atoms with Gasteiger partial charge < -0.3 is 5.32 Å². The first kappa shape index (κ1) is 13.1. The molecule has 3 nitrogen and oxygen atoms in total. The molecule has 94 valence electrons. The normalized spacial score (nSPS) is 10.4. The van der Waals surface area contributed by atoms with Crippen molar-refractivity contribution in [2.75, 3.05) is 11.6 Å². The molecule has 5 heteroatoms. The SMILES string of the molecule is CSc1ccccc1Nc1snc(C)c1C(C)=O. The van der Waals surface area contributed by atoms with Crippen LogP contribution in [0, 0.1) is 6.92 Å². The Morgan fingerprint density at radius 1 is 1.39 bits per heavy atom. The number of hydrogen-bond acceptors (Lipinski definition) is 5. The Kier molecular flexibility index (Phi) is 4.04. The first-order chi connectivity index (χ1) is 8.63. The molecule has 18 heavy (non-hydrogen) atoms. The fraction of sp³-hybridized carbons (Fsp3) is 0.231. The maximum absolute atomic E-state index is 11.6. The predicted molar refractivity (Wildman–Crippen MR) is 78.4 cm³/mol. The van der Waals surface area contributed by atoms with Crippen molar-refractivity contribution in [3.8, 4) is 0 Å². The van der Waals surface area contributed by atoms with Crippen LogP contribution in [0.3, 0.4) is 0 Å². The second-order valence-corrected chi connectivity index (χ2v) is 5.48. The van der Waals surface area contributed by atoms with Crippen molar-refractivity contribution in [1.29, 1.82) is 0 Å². The summed E-state index contributed by atoms with van der Waals surface area (Å²) in [6.07, 6.45) is 2.03. The number of thioether (sulfide) groups is 1. The van der Waals surface area contributed by atoms with Gasteiger partial charge in [0.25, 0.3) is 0 Å². The van der Waals surface area contributed by atoms with E-state index in [2.05, 4.69) is 9.69 Å². The van der Waals surface area contributed by atoms with Crippen LogP contribution in [0.15, 0.2) is 29.2 Å². The molecular formula is C13H14N2OS2. The Balaban J connectivity index is 2.37. The summed E-state index contributed by atoms with van der Waals surface area (Å²) in [5, 5.41) is 4.13. The number of aryl methyl sites for hydroxylation is 1. The van der Waals surface area contributed by atoms with Crippen LogP contribution in [-0.4, -0.2) is 16.4 Å². The molecule has 0 atom stereocenters. The fourth-order valence-corrected chi connectivity index (χ4v) is 3.15. The minimum absolute atomic E-state index is 0.0467. The summed E-state index contributed by atoms with van der Waals surface area (Å²) in [5.74, 6) is 0.0467. The van der Waals surface area contributed by atoms with Crippen molar-refractivity contribution in [2.24, 2.45) is 0 Å². The molecule has 0 aliphatic rings. The molecule has 2 rings (SSSR count). The molecule has 0 unspecified atom stereocenters. The maximum atomic E-state index is 11.6. The van der Waals surface area contributed by atoms with Crippen LogP contribution >= 0.6 is 23.3 Å². The largest absolute Gasteiger partial charge is 0.344 e. The zero-order chi connectivity index (χ0) is 13.1. The van der Waals surface area contributed by atoms with Crippen LogP contribution in [-0.2, 0) is 0 Å². The number of nitrogens with zero attached hydrogens (tertiary/aromatic N) is 1. The Labute approximate surface area is 115 Å². The number of ketones is 1. The lowest BCUT2D eigenvalue weighted by Crippen LogP contribution is -1.99. The Morgan fingerprint density at radius 2 is 2.11 bits per heavy atom. The van der Waals surface area contributed by atoms with Crippen LogP contribution in [0.1, 0.15) is 23.0 Å². The molecule has 0 radical (unpaired) electrons. The number of aromatic nitrogens is 1. The number of Topliss-reactive ketones (excluding diaryl/α,β-unsaturated/α-hetero) is 1. The number of rotatable bonds is 4. The predicted octanol–water partition coefficient (Wildman–Crippen LogP) is 4.12. The zero-order valence-electron chi connectivity index (χ0n) is 10.5. The van der Waals surface area contributed by atoms with E-state index in [1.54, 1.807) is 18.7 Å². The number of carbonyl (C=O) groups excluding carboxylic acids is 1. The molecular weight excluding hydrogens is 264 g/mol. The van der Waals surface area contributed by atoms with E-state index in [-0.39, 0.29) is 5.78 Å². The molecule has 0 saturated heterocycles. The van der Waals surface area contributed by atoms with Gasteiger partial charge in [0.05, 0.1) is 16.9 Å². The van der Waals surface area contributed by atoms with Crippen LogP contribution < -0.4 is 5.32 Å². The number of nitrogens with one attached hydrogen (secondary N) is 1. The number of hydrogen-bond donors (Lipinski definition) is 1. The van der Waals surface area contributed by atoms with Gasteiger partial charge in [0.1, 0.15) is 5.00 Å². The lowest BCUT2D eigenvalue weighted by molar-refractivity contribution is 0.101. The molecule has 0 aliphatic carbocycles. The third-order valence-corrected chi connectivity index (χ3v) is 4.22. The highest BCUT2D eigenvalue weighted by atomic mass is 32.2. The van der Waals surface area contributed by atoms with E-state index < -0.39 is 0 Å². The molecule has 1 N–H and O–H groups in total. The monoisotopic (exact) mass is 278 g/mol. The molecule has 0 fully saturated rings. The number of benzene rings is 1. The van der Waals surface area contributed by atoms with Gasteiger partial charge in [-0.05, 0) is 43.8 Å². The number of para-hydroxylation sites is 1. The quantitative estimate of drug-likeness (QED) is 0.675. The van der Waals surface area contributed by atoms with Crippen LogP contribution in [0.4, 0.5) is 10.7 Å². The molecule has 0 spiro atoms. The Morgan fingerprint density at radius 3 is 2.78 bits per heavy atom. The third-order valence-electron chi connectivity index (χ3n) is 2.57.